The fourth-order valence-corrected chi connectivity index (χ4v) is 4.72. The first kappa shape index (κ1) is 22.5. The van der Waals surface area contributed by atoms with Crippen LogP contribution in [0.15, 0.2) is 83.8 Å². The lowest BCUT2D eigenvalue weighted by Gasteiger charge is -2.22. The van der Waals surface area contributed by atoms with E-state index in [1.54, 1.807) is 49.6 Å². The first-order valence-electron chi connectivity index (χ1n) is 10.2. The van der Waals surface area contributed by atoms with Crippen LogP contribution in [-0.2, 0) is 19.6 Å². The van der Waals surface area contributed by atoms with Gasteiger partial charge in [0.15, 0.2) is 6.61 Å². The number of methoxy groups -OCH3 is 1. The van der Waals surface area contributed by atoms with Gasteiger partial charge in [-0.1, -0.05) is 54.6 Å². The largest absolute Gasteiger partial charge is 0.497 e. The summed E-state index contributed by atoms with van der Waals surface area (Å²) < 4.78 is 38.8. The van der Waals surface area contributed by atoms with Gasteiger partial charge in [0.1, 0.15) is 5.75 Å². The average Bonchev–Trinajstić information content (AvgIpc) is 3.16. The lowest BCUT2D eigenvalue weighted by molar-refractivity contribution is -0.126. The van der Waals surface area contributed by atoms with Crippen LogP contribution in [0.25, 0.3) is 11.1 Å². The van der Waals surface area contributed by atoms with E-state index in [1.165, 1.54) is 12.1 Å². The number of cyclic esters (lactones) is 1. The zero-order valence-electron chi connectivity index (χ0n) is 17.8. The standard InChI is InChI=1S/C24H22N2O6S/c1-31-20-11-7-17(8-12-20)18-9-13-21(14-10-18)33(29,30)25-22(19-5-3-2-4-6-19)15-26-23(27)16-32-24(26)28/h2-14,22,25H,15-16H2,1H3. The van der Waals surface area contributed by atoms with Crippen molar-refractivity contribution in [2.24, 2.45) is 0 Å². The van der Waals surface area contributed by atoms with E-state index >= 15 is 0 Å². The number of carbonyl (C=O) groups excluding carboxylic acids is 2. The predicted molar refractivity (Wildman–Crippen MR) is 121 cm³/mol. The molecule has 0 aromatic heterocycles. The van der Waals surface area contributed by atoms with Gasteiger partial charge in [0.25, 0.3) is 5.91 Å². The van der Waals surface area contributed by atoms with E-state index < -0.39 is 28.1 Å². The second-order valence-electron chi connectivity index (χ2n) is 7.40. The van der Waals surface area contributed by atoms with Gasteiger partial charge in [0.05, 0.1) is 24.6 Å². The van der Waals surface area contributed by atoms with Gasteiger partial charge in [-0.25, -0.2) is 22.8 Å². The van der Waals surface area contributed by atoms with Gasteiger partial charge < -0.3 is 9.47 Å². The maximum Gasteiger partial charge on any atom is 0.417 e. The monoisotopic (exact) mass is 466 g/mol. The molecule has 4 rings (SSSR count). The molecule has 8 nitrogen and oxygen atoms in total. The van der Waals surface area contributed by atoms with Crippen molar-refractivity contribution in [2.75, 3.05) is 20.3 Å². The molecule has 1 heterocycles. The van der Waals surface area contributed by atoms with Crippen LogP contribution in [-0.4, -0.2) is 45.6 Å². The highest BCUT2D eigenvalue weighted by Gasteiger charge is 2.34. The smallest absolute Gasteiger partial charge is 0.417 e. The molecule has 0 bridgehead atoms. The second-order valence-corrected chi connectivity index (χ2v) is 9.11. The van der Waals surface area contributed by atoms with Crippen LogP contribution < -0.4 is 9.46 Å². The van der Waals surface area contributed by atoms with Gasteiger partial charge >= 0.3 is 6.09 Å². The van der Waals surface area contributed by atoms with Gasteiger partial charge in [-0.05, 0) is 41.0 Å². The Morgan fingerprint density at radius 3 is 2.09 bits per heavy atom. The average molecular weight is 467 g/mol. The molecule has 3 aromatic rings. The number of amides is 2. The molecular weight excluding hydrogens is 444 g/mol. The van der Waals surface area contributed by atoms with Crippen molar-refractivity contribution in [3.63, 3.8) is 0 Å². The third-order valence-electron chi connectivity index (χ3n) is 5.29. The normalized spacial score (nSPS) is 14.8. The number of carbonyl (C=O) groups is 2. The molecule has 0 aliphatic carbocycles. The van der Waals surface area contributed by atoms with Crippen molar-refractivity contribution in [1.82, 2.24) is 9.62 Å². The summed E-state index contributed by atoms with van der Waals surface area (Å²) in [6, 6.07) is 21.8. The highest BCUT2D eigenvalue weighted by Crippen LogP contribution is 2.25. The molecule has 1 fully saturated rings. The van der Waals surface area contributed by atoms with Crippen molar-refractivity contribution in [2.45, 2.75) is 10.9 Å². The van der Waals surface area contributed by atoms with Gasteiger partial charge in [0.2, 0.25) is 10.0 Å². The quantitative estimate of drug-likeness (QED) is 0.546. The second kappa shape index (κ2) is 9.43. The molecule has 0 spiro atoms. The van der Waals surface area contributed by atoms with Crippen LogP contribution in [0, 0.1) is 0 Å². The lowest BCUT2D eigenvalue weighted by Crippen LogP contribution is -2.40. The van der Waals surface area contributed by atoms with E-state index in [-0.39, 0.29) is 18.0 Å². The summed E-state index contributed by atoms with van der Waals surface area (Å²) in [5.41, 5.74) is 2.38. The van der Waals surface area contributed by atoms with Crippen molar-refractivity contribution in [3.8, 4) is 16.9 Å². The Labute approximate surface area is 191 Å². The van der Waals surface area contributed by atoms with Crippen molar-refractivity contribution in [3.05, 3.63) is 84.4 Å². The molecule has 0 radical (unpaired) electrons. The molecule has 2 amide bonds. The Morgan fingerprint density at radius 2 is 1.55 bits per heavy atom. The molecule has 1 aliphatic rings. The number of hydrogen-bond donors (Lipinski definition) is 1. The number of imide groups is 1. The summed E-state index contributed by atoms with van der Waals surface area (Å²) in [5.74, 6) is 0.221. The highest BCUT2D eigenvalue weighted by molar-refractivity contribution is 7.89. The van der Waals surface area contributed by atoms with Gasteiger partial charge in [0, 0.05) is 0 Å². The van der Waals surface area contributed by atoms with E-state index in [1.807, 2.05) is 24.3 Å². The van der Waals surface area contributed by atoms with E-state index in [4.69, 9.17) is 9.47 Å². The SMILES string of the molecule is COc1ccc(-c2ccc(S(=O)(=O)NC(CN3C(=O)COC3=O)c3ccccc3)cc2)cc1. The van der Waals surface area contributed by atoms with Crippen molar-refractivity contribution >= 4 is 22.0 Å². The molecule has 9 heteroatoms. The maximum atomic E-state index is 13.1. The molecule has 0 saturated carbocycles. The summed E-state index contributed by atoms with van der Waals surface area (Å²) in [7, 11) is -2.36. The van der Waals surface area contributed by atoms with Crippen LogP contribution in [0.2, 0.25) is 0 Å². The Morgan fingerprint density at radius 1 is 0.939 bits per heavy atom. The van der Waals surface area contributed by atoms with Crippen LogP contribution in [0.1, 0.15) is 11.6 Å². The zero-order chi connectivity index (χ0) is 23.4. The molecule has 170 valence electrons. The number of ether oxygens (including phenoxy) is 2. The number of nitrogens with zero attached hydrogens (tertiary/aromatic N) is 1. The van der Waals surface area contributed by atoms with Gasteiger partial charge in [-0.15, -0.1) is 0 Å². The minimum Gasteiger partial charge on any atom is -0.497 e. The Balaban J connectivity index is 1.57. The molecule has 1 aliphatic heterocycles. The summed E-state index contributed by atoms with van der Waals surface area (Å²) in [4.78, 5) is 24.9. The van der Waals surface area contributed by atoms with E-state index in [2.05, 4.69) is 4.72 Å². The van der Waals surface area contributed by atoms with Crippen LogP contribution in [0.4, 0.5) is 4.79 Å². The van der Waals surface area contributed by atoms with E-state index in [0.29, 0.717) is 5.56 Å². The fraction of sp³-hybridized carbons (Fsp3) is 0.167. The molecule has 1 atom stereocenters. The zero-order valence-corrected chi connectivity index (χ0v) is 18.6. The van der Waals surface area contributed by atoms with Gasteiger partial charge in [-0.3, -0.25) is 4.79 Å². The Kier molecular flexibility index (Phi) is 6.43. The third kappa shape index (κ3) is 5.05. The molecule has 1 unspecified atom stereocenters. The topological polar surface area (TPSA) is 102 Å². The highest BCUT2D eigenvalue weighted by atomic mass is 32.2. The summed E-state index contributed by atoms with van der Waals surface area (Å²) in [5, 5.41) is 0. The predicted octanol–water partition coefficient (Wildman–Crippen LogP) is 3.36. The van der Waals surface area contributed by atoms with Crippen molar-refractivity contribution < 1.29 is 27.5 Å². The first-order valence-corrected chi connectivity index (χ1v) is 11.6. The first-order chi connectivity index (χ1) is 15.9. The molecular formula is C24H22N2O6S. The van der Waals surface area contributed by atoms with Crippen molar-refractivity contribution in [1.29, 1.82) is 0 Å². The number of sulfonamides is 1. The van der Waals surface area contributed by atoms with Gasteiger partial charge in [-0.2, -0.15) is 0 Å². The Hall–Kier alpha value is -3.69. The lowest BCUT2D eigenvalue weighted by atomic mass is 10.1. The fourth-order valence-electron chi connectivity index (χ4n) is 3.50. The van der Waals surface area contributed by atoms with E-state index in [9.17, 15) is 18.0 Å². The number of hydrogen-bond acceptors (Lipinski definition) is 6. The number of nitrogens with one attached hydrogen (secondary N) is 1. The van der Waals surface area contributed by atoms with E-state index in [0.717, 1.165) is 21.8 Å². The molecule has 1 saturated heterocycles. The van der Waals surface area contributed by atoms with Crippen LogP contribution >= 0.6 is 0 Å². The number of benzene rings is 3. The maximum absolute atomic E-state index is 13.1. The summed E-state index contributed by atoms with van der Waals surface area (Å²) in [6.45, 7) is -0.523. The third-order valence-corrected chi connectivity index (χ3v) is 6.78. The van der Waals surface area contributed by atoms with Crippen LogP contribution in [0.3, 0.4) is 0 Å². The Bertz CT molecular complexity index is 1230. The summed E-state index contributed by atoms with van der Waals surface area (Å²) in [6.07, 6.45) is -0.788. The minimum atomic E-state index is -3.95. The minimum absolute atomic E-state index is 0.0658. The summed E-state index contributed by atoms with van der Waals surface area (Å²) >= 11 is 0. The number of rotatable bonds is 8. The molecule has 3 aromatic carbocycles. The molecule has 1 N–H and O–H groups in total. The molecule has 33 heavy (non-hydrogen) atoms. The van der Waals surface area contributed by atoms with Crippen LogP contribution in [0.5, 0.6) is 5.75 Å².